The number of nitrogens with one attached hydrogen (secondary N) is 2. The van der Waals surface area contributed by atoms with Gasteiger partial charge >= 0.3 is 0 Å². The van der Waals surface area contributed by atoms with E-state index in [0.717, 1.165) is 5.56 Å². The molecule has 1 amide bonds. The standard InChI is InChI=1S/C17H24N4OS/c1-11(2)13-5-7-14(8-6-13)16(12(3)4)20-15(22)9-23-17-18-10-19-21-17/h5-8,10-12,16H,9H2,1-4H3,(H,20,22)(H,18,19,21)/t16-/m0/s1. The highest BCUT2D eigenvalue weighted by Crippen LogP contribution is 2.24. The topological polar surface area (TPSA) is 70.7 Å². The Morgan fingerprint density at radius 3 is 2.35 bits per heavy atom. The molecule has 2 rings (SSSR count). The van der Waals surface area contributed by atoms with Gasteiger partial charge in [-0.15, -0.1) is 0 Å². The molecule has 5 nitrogen and oxygen atoms in total. The summed E-state index contributed by atoms with van der Waals surface area (Å²) in [6.45, 7) is 8.59. The minimum Gasteiger partial charge on any atom is -0.348 e. The molecular formula is C17H24N4OS. The lowest BCUT2D eigenvalue weighted by atomic mass is 9.93. The van der Waals surface area contributed by atoms with Crippen molar-refractivity contribution >= 4 is 17.7 Å². The predicted octanol–water partition coefficient (Wildman–Crippen LogP) is 3.53. The summed E-state index contributed by atoms with van der Waals surface area (Å²) in [5.74, 6) is 1.15. The summed E-state index contributed by atoms with van der Waals surface area (Å²) in [6, 6.07) is 8.53. The highest BCUT2D eigenvalue weighted by Gasteiger charge is 2.18. The maximum absolute atomic E-state index is 12.2. The number of nitrogens with zero attached hydrogens (tertiary/aromatic N) is 2. The van der Waals surface area contributed by atoms with Crippen LogP contribution in [0, 0.1) is 5.92 Å². The van der Waals surface area contributed by atoms with Crippen LogP contribution in [-0.4, -0.2) is 26.8 Å². The number of amides is 1. The third kappa shape index (κ3) is 5.10. The third-order valence-electron chi connectivity index (χ3n) is 3.68. The molecule has 0 aliphatic heterocycles. The van der Waals surface area contributed by atoms with Gasteiger partial charge in [-0.25, -0.2) is 4.98 Å². The number of rotatable bonds is 7. The van der Waals surface area contributed by atoms with Crippen molar-refractivity contribution in [1.82, 2.24) is 20.5 Å². The van der Waals surface area contributed by atoms with Gasteiger partial charge in [0.2, 0.25) is 5.91 Å². The van der Waals surface area contributed by atoms with Crippen molar-refractivity contribution in [3.8, 4) is 0 Å². The number of H-pyrrole nitrogens is 1. The minimum atomic E-state index is -0.00182. The lowest BCUT2D eigenvalue weighted by molar-refractivity contribution is -0.119. The van der Waals surface area contributed by atoms with E-state index in [0.29, 0.717) is 22.7 Å². The molecule has 0 fully saturated rings. The Kier molecular flexibility index (Phi) is 6.21. The Bertz CT molecular complexity index is 608. The highest BCUT2D eigenvalue weighted by atomic mass is 32.2. The van der Waals surface area contributed by atoms with E-state index in [1.165, 1.54) is 23.7 Å². The average molecular weight is 332 g/mol. The van der Waals surface area contributed by atoms with Crippen molar-refractivity contribution in [2.75, 3.05) is 5.75 Å². The highest BCUT2D eigenvalue weighted by molar-refractivity contribution is 7.99. The van der Waals surface area contributed by atoms with Crippen LogP contribution in [0.1, 0.15) is 50.8 Å². The van der Waals surface area contributed by atoms with Crippen molar-refractivity contribution in [2.24, 2.45) is 5.92 Å². The molecule has 0 aliphatic carbocycles. The summed E-state index contributed by atoms with van der Waals surface area (Å²) in [4.78, 5) is 16.2. The molecule has 6 heteroatoms. The maximum Gasteiger partial charge on any atom is 0.230 e. The van der Waals surface area contributed by atoms with Crippen molar-refractivity contribution < 1.29 is 4.79 Å². The van der Waals surface area contributed by atoms with Gasteiger partial charge in [-0.05, 0) is 23.0 Å². The first-order valence-electron chi connectivity index (χ1n) is 7.84. The van der Waals surface area contributed by atoms with Crippen LogP contribution < -0.4 is 5.32 Å². The Morgan fingerprint density at radius 2 is 1.83 bits per heavy atom. The summed E-state index contributed by atoms with van der Waals surface area (Å²) >= 11 is 1.35. The predicted molar refractivity (Wildman–Crippen MR) is 93.4 cm³/mol. The van der Waals surface area contributed by atoms with Crippen molar-refractivity contribution in [3.63, 3.8) is 0 Å². The van der Waals surface area contributed by atoms with Gasteiger partial charge in [0.1, 0.15) is 6.33 Å². The van der Waals surface area contributed by atoms with Crippen LogP contribution in [0.5, 0.6) is 0 Å². The Balaban J connectivity index is 1.98. The molecule has 1 heterocycles. The zero-order valence-electron chi connectivity index (χ0n) is 14.0. The molecule has 23 heavy (non-hydrogen) atoms. The van der Waals surface area contributed by atoms with E-state index in [1.54, 1.807) is 0 Å². The fraction of sp³-hybridized carbons (Fsp3) is 0.471. The zero-order valence-corrected chi connectivity index (χ0v) is 14.9. The Labute approximate surface area is 141 Å². The van der Waals surface area contributed by atoms with Crippen LogP contribution in [0.2, 0.25) is 0 Å². The molecule has 1 atom stereocenters. The van der Waals surface area contributed by atoms with Crippen molar-refractivity contribution in [1.29, 1.82) is 0 Å². The molecule has 0 aliphatic rings. The number of benzene rings is 1. The van der Waals surface area contributed by atoms with Gasteiger partial charge in [-0.2, -0.15) is 5.10 Å². The number of thioether (sulfide) groups is 1. The molecule has 0 saturated carbocycles. The number of aromatic nitrogens is 3. The first-order chi connectivity index (χ1) is 11.0. The molecule has 0 radical (unpaired) electrons. The number of hydrogen-bond acceptors (Lipinski definition) is 4. The fourth-order valence-corrected chi connectivity index (χ4v) is 2.93. The number of aromatic amines is 1. The van der Waals surface area contributed by atoms with E-state index < -0.39 is 0 Å². The second kappa shape index (κ2) is 8.15. The lowest BCUT2D eigenvalue weighted by Crippen LogP contribution is -2.33. The summed E-state index contributed by atoms with van der Waals surface area (Å²) in [6.07, 6.45) is 1.44. The van der Waals surface area contributed by atoms with Gasteiger partial charge in [0.25, 0.3) is 0 Å². The van der Waals surface area contributed by atoms with Gasteiger partial charge in [-0.1, -0.05) is 63.7 Å². The minimum absolute atomic E-state index is 0.00182. The summed E-state index contributed by atoms with van der Waals surface area (Å²) in [7, 11) is 0. The third-order valence-corrected chi connectivity index (χ3v) is 4.55. The van der Waals surface area contributed by atoms with Gasteiger partial charge in [0.15, 0.2) is 5.16 Å². The zero-order chi connectivity index (χ0) is 16.8. The second-order valence-corrected chi connectivity index (χ2v) is 7.15. The van der Waals surface area contributed by atoms with E-state index >= 15 is 0 Å². The van der Waals surface area contributed by atoms with Gasteiger partial charge in [0, 0.05) is 0 Å². The molecule has 0 spiro atoms. The lowest BCUT2D eigenvalue weighted by Gasteiger charge is -2.23. The van der Waals surface area contributed by atoms with Crippen LogP contribution in [0.15, 0.2) is 35.7 Å². The summed E-state index contributed by atoms with van der Waals surface area (Å²) < 4.78 is 0. The maximum atomic E-state index is 12.2. The van der Waals surface area contributed by atoms with E-state index in [2.05, 4.69) is 72.5 Å². The van der Waals surface area contributed by atoms with Crippen LogP contribution in [-0.2, 0) is 4.79 Å². The number of carbonyl (C=O) groups excluding carboxylic acids is 1. The SMILES string of the molecule is CC(C)c1ccc([C@@H](NC(=O)CSc2ncn[nH]2)C(C)C)cc1. The molecule has 0 unspecified atom stereocenters. The van der Waals surface area contributed by atoms with Crippen LogP contribution in [0.3, 0.4) is 0 Å². The second-order valence-electron chi connectivity index (χ2n) is 6.19. The molecule has 1 aromatic carbocycles. The van der Waals surface area contributed by atoms with Crippen LogP contribution in [0.4, 0.5) is 0 Å². The molecule has 124 valence electrons. The van der Waals surface area contributed by atoms with E-state index in [4.69, 9.17) is 0 Å². The molecule has 1 aromatic heterocycles. The summed E-state index contributed by atoms with van der Waals surface area (Å²) in [5.41, 5.74) is 2.45. The van der Waals surface area contributed by atoms with E-state index in [9.17, 15) is 4.79 Å². The number of hydrogen-bond donors (Lipinski definition) is 2. The largest absolute Gasteiger partial charge is 0.348 e. The Morgan fingerprint density at radius 1 is 1.17 bits per heavy atom. The van der Waals surface area contributed by atoms with Crippen molar-refractivity contribution in [2.45, 2.75) is 44.8 Å². The normalized spacial score (nSPS) is 12.6. The molecule has 0 saturated heterocycles. The van der Waals surface area contributed by atoms with Crippen LogP contribution in [0.25, 0.3) is 0 Å². The summed E-state index contributed by atoms with van der Waals surface area (Å²) in [5, 5.41) is 10.3. The van der Waals surface area contributed by atoms with Gasteiger partial charge < -0.3 is 5.32 Å². The van der Waals surface area contributed by atoms with Crippen LogP contribution >= 0.6 is 11.8 Å². The van der Waals surface area contributed by atoms with E-state index in [-0.39, 0.29) is 11.9 Å². The molecule has 0 bridgehead atoms. The van der Waals surface area contributed by atoms with E-state index in [1.807, 2.05) is 0 Å². The molecule has 2 N–H and O–H groups in total. The molecular weight excluding hydrogens is 308 g/mol. The average Bonchev–Trinajstić information content (AvgIpc) is 3.04. The first kappa shape index (κ1) is 17.5. The van der Waals surface area contributed by atoms with Crippen molar-refractivity contribution in [3.05, 3.63) is 41.7 Å². The quantitative estimate of drug-likeness (QED) is 0.761. The first-order valence-corrected chi connectivity index (χ1v) is 8.83. The van der Waals surface area contributed by atoms with Gasteiger partial charge in [-0.3, -0.25) is 9.89 Å². The monoisotopic (exact) mass is 332 g/mol. The molecule has 2 aromatic rings. The van der Waals surface area contributed by atoms with Gasteiger partial charge in [0.05, 0.1) is 11.8 Å². The Hall–Kier alpha value is -1.82. The number of carbonyl (C=O) groups is 1. The smallest absolute Gasteiger partial charge is 0.230 e. The fourth-order valence-electron chi connectivity index (χ4n) is 2.34.